The lowest BCUT2D eigenvalue weighted by Crippen LogP contribution is -2.39. The molecule has 10 nitrogen and oxygen atoms in total. The Bertz CT molecular complexity index is 1100. The van der Waals surface area contributed by atoms with E-state index in [0.717, 1.165) is 10.6 Å². The summed E-state index contributed by atoms with van der Waals surface area (Å²) in [6.07, 6.45) is 1.00. The third kappa shape index (κ3) is 6.03. The van der Waals surface area contributed by atoms with E-state index in [4.69, 9.17) is 18.9 Å². The number of rotatable bonds is 10. The van der Waals surface area contributed by atoms with Crippen LogP contribution >= 0.6 is 0 Å². The van der Waals surface area contributed by atoms with Crippen molar-refractivity contribution in [2.24, 2.45) is 5.10 Å². The maximum atomic E-state index is 12.5. The highest BCUT2D eigenvalue weighted by Crippen LogP contribution is 2.33. The van der Waals surface area contributed by atoms with E-state index >= 15 is 0 Å². The van der Waals surface area contributed by atoms with Crippen molar-refractivity contribution in [1.82, 2.24) is 5.43 Å². The summed E-state index contributed by atoms with van der Waals surface area (Å²) in [5.41, 5.74) is 3.77. The second kappa shape index (κ2) is 10.7. The van der Waals surface area contributed by atoms with Crippen LogP contribution in [0.4, 0.5) is 5.69 Å². The molecule has 0 spiro atoms. The van der Waals surface area contributed by atoms with E-state index in [2.05, 4.69) is 10.5 Å². The van der Waals surface area contributed by atoms with Crippen LogP contribution < -0.4 is 28.7 Å². The second-order valence-electron chi connectivity index (χ2n) is 6.61. The van der Waals surface area contributed by atoms with Crippen LogP contribution in [0.2, 0.25) is 0 Å². The Hall–Kier alpha value is -3.47. The number of sulfonamides is 1. The van der Waals surface area contributed by atoms with Crippen molar-refractivity contribution in [2.75, 3.05) is 45.5 Å². The normalized spacial score (nSPS) is 11.5. The Labute approximate surface area is 187 Å². The molecule has 0 bridgehead atoms. The lowest BCUT2D eigenvalue weighted by molar-refractivity contribution is -0.119. The minimum atomic E-state index is -3.80. The predicted molar refractivity (Wildman–Crippen MR) is 122 cm³/mol. The molecule has 2 rings (SSSR count). The highest BCUT2D eigenvalue weighted by Gasteiger charge is 2.24. The molecule has 0 radical (unpaired) electrons. The summed E-state index contributed by atoms with van der Waals surface area (Å²) in [4.78, 5) is 12.5. The van der Waals surface area contributed by atoms with E-state index in [1.807, 2.05) is 0 Å². The Kier molecular flexibility index (Phi) is 8.30. The Morgan fingerprint density at radius 2 is 1.59 bits per heavy atom. The number of anilines is 1. The SMILES string of the molecule is COc1ccc(N(CC(=O)N/N=C(/C)c2ccc(OC)c(OC)c2)S(C)(=O)=O)c(OC)c1. The minimum Gasteiger partial charge on any atom is -0.497 e. The zero-order valence-corrected chi connectivity index (χ0v) is 19.6. The van der Waals surface area contributed by atoms with Crippen molar-refractivity contribution in [3.05, 3.63) is 42.0 Å². The molecule has 0 fully saturated rings. The third-order valence-electron chi connectivity index (χ3n) is 4.49. The third-order valence-corrected chi connectivity index (χ3v) is 5.62. The fourth-order valence-electron chi connectivity index (χ4n) is 2.81. The quantitative estimate of drug-likeness (QED) is 0.422. The molecular weight excluding hydrogens is 438 g/mol. The molecule has 0 atom stereocenters. The molecule has 0 saturated carbocycles. The van der Waals surface area contributed by atoms with Gasteiger partial charge in [0.1, 0.15) is 18.0 Å². The summed E-state index contributed by atoms with van der Waals surface area (Å²) in [6.45, 7) is 1.20. The van der Waals surface area contributed by atoms with Gasteiger partial charge < -0.3 is 18.9 Å². The number of ether oxygens (including phenoxy) is 4. The van der Waals surface area contributed by atoms with Gasteiger partial charge in [0, 0.05) is 11.6 Å². The summed E-state index contributed by atoms with van der Waals surface area (Å²) in [6, 6.07) is 9.81. The average molecular weight is 466 g/mol. The molecule has 0 aromatic heterocycles. The van der Waals surface area contributed by atoms with Crippen molar-refractivity contribution in [3.8, 4) is 23.0 Å². The van der Waals surface area contributed by atoms with E-state index in [-0.39, 0.29) is 11.4 Å². The molecule has 0 aliphatic carbocycles. The zero-order chi connectivity index (χ0) is 23.9. The number of hydrazone groups is 1. The summed E-state index contributed by atoms with van der Waals surface area (Å²) in [5, 5.41) is 4.07. The first-order valence-electron chi connectivity index (χ1n) is 9.39. The summed E-state index contributed by atoms with van der Waals surface area (Å²) in [7, 11) is 2.13. The molecule has 174 valence electrons. The lowest BCUT2D eigenvalue weighted by atomic mass is 10.1. The molecule has 2 aromatic carbocycles. The topological polar surface area (TPSA) is 116 Å². The zero-order valence-electron chi connectivity index (χ0n) is 18.8. The highest BCUT2D eigenvalue weighted by molar-refractivity contribution is 7.92. The number of amides is 1. The fraction of sp³-hybridized carbons (Fsp3) is 0.333. The van der Waals surface area contributed by atoms with E-state index in [1.54, 1.807) is 31.2 Å². The van der Waals surface area contributed by atoms with Crippen molar-refractivity contribution in [1.29, 1.82) is 0 Å². The van der Waals surface area contributed by atoms with Gasteiger partial charge in [0.15, 0.2) is 11.5 Å². The van der Waals surface area contributed by atoms with Gasteiger partial charge in [0.2, 0.25) is 10.0 Å². The number of hydrogen-bond acceptors (Lipinski definition) is 8. The number of nitrogens with zero attached hydrogens (tertiary/aromatic N) is 2. The number of carbonyl (C=O) groups is 1. The molecule has 11 heteroatoms. The number of nitrogens with one attached hydrogen (secondary N) is 1. The van der Waals surface area contributed by atoms with Crippen molar-refractivity contribution < 1.29 is 32.2 Å². The molecule has 1 N–H and O–H groups in total. The molecule has 1 amide bonds. The van der Waals surface area contributed by atoms with Gasteiger partial charge in [-0.15, -0.1) is 0 Å². The average Bonchev–Trinajstić information content (AvgIpc) is 2.79. The van der Waals surface area contributed by atoms with Gasteiger partial charge in [-0.1, -0.05) is 0 Å². The van der Waals surface area contributed by atoms with Gasteiger partial charge in [-0.25, -0.2) is 13.8 Å². The molecule has 0 saturated heterocycles. The van der Waals surface area contributed by atoms with Crippen LogP contribution in [0.3, 0.4) is 0 Å². The second-order valence-corrected chi connectivity index (χ2v) is 8.52. The largest absolute Gasteiger partial charge is 0.497 e. The van der Waals surface area contributed by atoms with Crippen LogP contribution in [0.25, 0.3) is 0 Å². The standard InChI is InChI=1S/C21H27N3O7S/c1-14(15-7-10-18(29-3)20(11-15)31-5)22-23-21(25)13-24(32(6,26)27)17-9-8-16(28-2)12-19(17)30-4/h7-12H,13H2,1-6H3,(H,23,25)/b22-14-. The van der Waals surface area contributed by atoms with Gasteiger partial charge in [-0.2, -0.15) is 5.10 Å². The maximum Gasteiger partial charge on any atom is 0.260 e. The van der Waals surface area contributed by atoms with Crippen LogP contribution in [0.1, 0.15) is 12.5 Å². The van der Waals surface area contributed by atoms with Crippen LogP contribution in [-0.2, 0) is 14.8 Å². The Balaban J connectivity index is 2.23. The van der Waals surface area contributed by atoms with Gasteiger partial charge >= 0.3 is 0 Å². The molecular formula is C21H27N3O7S. The van der Waals surface area contributed by atoms with Gasteiger partial charge in [0.25, 0.3) is 5.91 Å². The van der Waals surface area contributed by atoms with Crippen LogP contribution in [-0.4, -0.2) is 61.3 Å². The molecule has 2 aromatic rings. The first kappa shape index (κ1) is 24.8. The number of benzene rings is 2. The van der Waals surface area contributed by atoms with Crippen LogP contribution in [0.5, 0.6) is 23.0 Å². The van der Waals surface area contributed by atoms with Gasteiger partial charge in [-0.3, -0.25) is 9.10 Å². The summed E-state index contributed by atoms with van der Waals surface area (Å²) < 4.78 is 46.6. The minimum absolute atomic E-state index is 0.201. The van der Waals surface area contributed by atoms with E-state index in [0.29, 0.717) is 28.5 Å². The Morgan fingerprint density at radius 3 is 2.16 bits per heavy atom. The smallest absolute Gasteiger partial charge is 0.260 e. The lowest BCUT2D eigenvalue weighted by Gasteiger charge is -2.23. The van der Waals surface area contributed by atoms with Crippen molar-refractivity contribution in [2.45, 2.75) is 6.92 Å². The first-order valence-corrected chi connectivity index (χ1v) is 11.2. The van der Waals surface area contributed by atoms with E-state index in [1.165, 1.54) is 40.6 Å². The molecule has 0 heterocycles. The van der Waals surface area contributed by atoms with Crippen molar-refractivity contribution >= 4 is 27.3 Å². The molecule has 0 aliphatic rings. The predicted octanol–water partition coefficient (Wildman–Crippen LogP) is 2.03. The number of hydrogen-bond donors (Lipinski definition) is 1. The van der Waals surface area contributed by atoms with E-state index in [9.17, 15) is 13.2 Å². The summed E-state index contributed by atoms with van der Waals surface area (Å²) >= 11 is 0. The molecule has 0 unspecified atom stereocenters. The highest BCUT2D eigenvalue weighted by atomic mass is 32.2. The van der Waals surface area contributed by atoms with Crippen molar-refractivity contribution in [3.63, 3.8) is 0 Å². The van der Waals surface area contributed by atoms with E-state index < -0.39 is 22.5 Å². The molecule has 0 aliphatic heterocycles. The van der Waals surface area contributed by atoms with Gasteiger partial charge in [-0.05, 0) is 37.3 Å². The Morgan fingerprint density at radius 1 is 0.938 bits per heavy atom. The molecule has 32 heavy (non-hydrogen) atoms. The maximum absolute atomic E-state index is 12.5. The van der Waals surface area contributed by atoms with Crippen LogP contribution in [0.15, 0.2) is 41.5 Å². The van der Waals surface area contributed by atoms with Crippen LogP contribution in [0, 0.1) is 0 Å². The first-order chi connectivity index (χ1) is 15.1. The summed E-state index contributed by atoms with van der Waals surface area (Å²) in [5.74, 6) is 1.17. The number of carbonyl (C=O) groups excluding carboxylic acids is 1. The monoisotopic (exact) mass is 465 g/mol. The van der Waals surface area contributed by atoms with Gasteiger partial charge in [0.05, 0.1) is 46.1 Å². The fourth-order valence-corrected chi connectivity index (χ4v) is 3.67. The number of methoxy groups -OCH3 is 4.